The Morgan fingerprint density at radius 1 is 1.40 bits per heavy atom. The number of aliphatic carboxylic acids is 1. The van der Waals surface area contributed by atoms with Crippen molar-refractivity contribution < 1.29 is 19.7 Å². The van der Waals surface area contributed by atoms with E-state index < -0.39 is 18.1 Å². The summed E-state index contributed by atoms with van der Waals surface area (Å²) in [7, 11) is 1.54. The summed E-state index contributed by atoms with van der Waals surface area (Å²) in [5.41, 5.74) is 0.651. The van der Waals surface area contributed by atoms with Crippen molar-refractivity contribution in [3.63, 3.8) is 0 Å². The van der Waals surface area contributed by atoms with E-state index in [-0.39, 0.29) is 0 Å². The van der Waals surface area contributed by atoms with Crippen LogP contribution in [0.1, 0.15) is 6.92 Å². The molecule has 2 aromatic rings. The van der Waals surface area contributed by atoms with Crippen molar-refractivity contribution >= 4 is 22.7 Å². The number of hydrogen-bond acceptors (Lipinski definition) is 6. The molecule has 2 atom stereocenters. The van der Waals surface area contributed by atoms with E-state index in [4.69, 9.17) is 9.84 Å². The van der Waals surface area contributed by atoms with Crippen molar-refractivity contribution in [2.45, 2.75) is 19.1 Å². The number of fused-ring (bicyclic) bond motifs is 1. The fraction of sp³-hybridized carbons (Fsp3) is 0.308. The van der Waals surface area contributed by atoms with Crippen molar-refractivity contribution in [2.75, 3.05) is 12.4 Å². The molecular formula is C13H15N3O4. The van der Waals surface area contributed by atoms with Crippen LogP contribution in [-0.4, -0.2) is 45.4 Å². The molecule has 20 heavy (non-hydrogen) atoms. The van der Waals surface area contributed by atoms with Crippen molar-refractivity contribution in [3.05, 3.63) is 24.5 Å². The molecule has 2 rings (SSSR count). The molecule has 3 N–H and O–H groups in total. The lowest BCUT2D eigenvalue weighted by molar-refractivity contribution is -0.140. The van der Waals surface area contributed by atoms with Crippen molar-refractivity contribution in [2.24, 2.45) is 0 Å². The number of rotatable bonds is 5. The van der Waals surface area contributed by atoms with E-state index in [9.17, 15) is 9.90 Å². The Morgan fingerprint density at radius 3 is 2.75 bits per heavy atom. The fourth-order valence-electron chi connectivity index (χ4n) is 1.81. The van der Waals surface area contributed by atoms with Gasteiger partial charge in [-0.2, -0.15) is 0 Å². The first kappa shape index (κ1) is 14.0. The first-order valence-electron chi connectivity index (χ1n) is 5.99. The molecule has 0 aliphatic heterocycles. The summed E-state index contributed by atoms with van der Waals surface area (Å²) in [5.74, 6) is -0.212. The lowest BCUT2D eigenvalue weighted by Gasteiger charge is -2.18. The number of anilines is 1. The topological polar surface area (TPSA) is 105 Å². The van der Waals surface area contributed by atoms with Gasteiger partial charge in [-0.3, -0.25) is 0 Å². The van der Waals surface area contributed by atoms with Crippen LogP contribution >= 0.6 is 0 Å². The molecule has 0 fully saturated rings. The van der Waals surface area contributed by atoms with Crippen LogP contribution in [0.5, 0.6) is 5.75 Å². The molecule has 0 aliphatic rings. The van der Waals surface area contributed by atoms with Crippen LogP contribution in [0, 0.1) is 0 Å². The number of nitrogens with zero attached hydrogens (tertiary/aromatic N) is 2. The number of aromatic nitrogens is 2. The summed E-state index contributed by atoms with van der Waals surface area (Å²) in [6, 6.07) is 4.06. The molecule has 0 bridgehead atoms. The molecule has 2 unspecified atom stereocenters. The summed E-state index contributed by atoms with van der Waals surface area (Å²) in [6.45, 7) is 1.40. The highest BCUT2D eigenvalue weighted by Crippen LogP contribution is 2.24. The molecule has 0 saturated heterocycles. The molecule has 0 radical (unpaired) electrons. The number of methoxy groups -OCH3 is 1. The van der Waals surface area contributed by atoms with Gasteiger partial charge >= 0.3 is 5.97 Å². The summed E-state index contributed by atoms with van der Waals surface area (Å²) < 4.78 is 5.13. The van der Waals surface area contributed by atoms with E-state index >= 15 is 0 Å². The number of carboxylic acids is 1. The highest BCUT2D eigenvalue weighted by Gasteiger charge is 2.24. The van der Waals surface area contributed by atoms with Gasteiger partial charge in [0.1, 0.15) is 17.9 Å². The summed E-state index contributed by atoms with van der Waals surface area (Å²) in [4.78, 5) is 19.2. The lowest BCUT2D eigenvalue weighted by Crippen LogP contribution is -2.39. The van der Waals surface area contributed by atoms with Crippen molar-refractivity contribution in [1.29, 1.82) is 0 Å². The van der Waals surface area contributed by atoms with Crippen LogP contribution < -0.4 is 10.1 Å². The second-order valence-electron chi connectivity index (χ2n) is 4.31. The number of carbonyl (C=O) groups is 1. The zero-order chi connectivity index (χ0) is 14.7. The number of ether oxygens (including phenoxy) is 1. The first-order valence-corrected chi connectivity index (χ1v) is 5.99. The number of benzene rings is 1. The molecule has 7 heteroatoms. The van der Waals surface area contributed by atoms with Crippen LogP contribution in [-0.2, 0) is 4.79 Å². The minimum absolute atomic E-state index is 0.335. The van der Waals surface area contributed by atoms with E-state index in [2.05, 4.69) is 15.3 Å². The Labute approximate surface area is 115 Å². The van der Waals surface area contributed by atoms with Gasteiger partial charge in [0.2, 0.25) is 0 Å². The summed E-state index contributed by atoms with van der Waals surface area (Å²) >= 11 is 0. The maximum Gasteiger partial charge on any atom is 0.328 e. The van der Waals surface area contributed by atoms with Gasteiger partial charge in [-0.05, 0) is 25.1 Å². The van der Waals surface area contributed by atoms with E-state index in [0.717, 1.165) is 0 Å². The minimum Gasteiger partial charge on any atom is -0.497 e. The smallest absolute Gasteiger partial charge is 0.328 e. The molecule has 1 aromatic carbocycles. The largest absolute Gasteiger partial charge is 0.497 e. The highest BCUT2D eigenvalue weighted by molar-refractivity contribution is 5.91. The van der Waals surface area contributed by atoms with E-state index in [1.807, 2.05) is 0 Å². The van der Waals surface area contributed by atoms with Gasteiger partial charge in [0.05, 0.1) is 18.7 Å². The van der Waals surface area contributed by atoms with Gasteiger partial charge < -0.3 is 20.3 Å². The maximum atomic E-state index is 11.1. The molecule has 0 aliphatic carbocycles. The fourth-order valence-corrected chi connectivity index (χ4v) is 1.81. The zero-order valence-corrected chi connectivity index (χ0v) is 11.1. The summed E-state index contributed by atoms with van der Waals surface area (Å²) in [5, 5.41) is 21.9. The van der Waals surface area contributed by atoms with Crippen LogP contribution in [0.3, 0.4) is 0 Å². The van der Waals surface area contributed by atoms with Crippen LogP contribution in [0.2, 0.25) is 0 Å². The van der Waals surface area contributed by atoms with E-state index in [0.29, 0.717) is 22.5 Å². The number of aliphatic hydroxyl groups excluding tert-OH is 1. The Morgan fingerprint density at radius 2 is 2.15 bits per heavy atom. The monoisotopic (exact) mass is 277 g/mol. The van der Waals surface area contributed by atoms with Crippen LogP contribution in [0.25, 0.3) is 10.9 Å². The van der Waals surface area contributed by atoms with Gasteiger partial charge in [0.25, 0.3) is 0 Å². The average molecular weight is 277 g/mol. The second-order valence-corrected chi connectivity index (χ2v) is 4.31. The number of aliphatic hydroxyl groups is 1. The third kappa shape index (κ3) is 2.77. The van der Waals surface area contributed by atoms with Crippen molar-refractivity contribution in [1.82, 2.24) is 9.97 Å². The van der Waals surface area contributed by atoms with E-state index in [1.54, 1.807) is 18.2 Å². The zero-order valence-electron chi connectivity index (χ0n) is 11.1. The standard InChI is InChI=1S/C13H15N3O4/c1-7(17)11(13(18)19)16-12-9-5-8(20-2)3-4-10(9)14-6-15-12/h3-7,11,17H,1-2H3,(H,18,19)(H,14,15,16). The second kappa shape index (κ2) is 5.70. The predicted molar refractivity (Wildman–Crippen MR) is 72.8 cm³/mol. The molecule has 1 heterocycles. The Bertz CT molecular complexity index is 630. The maximum absolute atomic E-state index is 11.1. The third-order valence-electron chi connectivity index (χ3n) is 2.88. The number of hydrogen-bond donors (Lipinski definition) is 3. The first-order chi connectivity index (χ1) is 9.52. The average Bonchev–Trinajstić information content (AvgIpc) is 2.43. The van der Waals surface area contributed by atoms with Gasteiger partial charge in [-0.25, -0.2) is 14.8 Å². The quantitative estimate of drug-likeness (QED) is 0.745. The predicted octanol–water partition coefficient (Wildman–Crippen LogP) is 0.884. The van der Waals surface area contributed by atoms with Gasteiger partial charge in [0.15, 0.2) is 6.04 Å². The number of nitrogens with one attached hydrogen (secondary N) is 1. The number of carboxylic acid groups (broad SMARTS) is 1. The molecule has 0 saturated carbocycles. The van der Waals surface area contributed by atoms with E-state index in [1.165, 1.54) is 20.4 Å². The lowest BCUT2D eigenvalue weighted by atomic mass is 10.1. The van der Waals surface area contributed by atoms with Gasteiger partial charge in [0, 0.05) is 5.39 Å². The highest BCUT2D eigenvalue weighted by atomic mass is 16.5. The van der Waals surface area contributed by atoms with Gasteiger partial charge in [-0.1, -0.05) is 0 Å². The molecule has 0 spiro atoms. The molecule has 0 amide bonds. The molecular weight excluding hydrogens is 262 g/mol. The molecule has 106 valence electrons. The Hall–Kier alpha value is -2.41. The Kier molecular flexibility index (Phi) is 3.99. The van der Waals surface area contributed by atoms with Gasteiger partial charge in [-0.15, -0.1) is 0 Å². The summed E-state index contributed by atoms with van der Waals surface area (Å²) in [6.07, 6.45) is 0.265. The normalized spacial score (nSPS) is 13.8. The molecule has 7 nitrogen and oxygen atoms in total. The Balaban J connectivity index is 2.45. The van der Waals surface area contributed by atoms with Crippen LogP contribution in [0.4, 0.5) is 5.82 Å². The third-order valence-corrected chi connectivity index (χ3v) is 2.88. The van der Waals surface area contributed by atoms with Crippen molar-refractivity contribution in [3.8, 4) is 5.75 Å². The minimum atomic E-state index is -1.16. The molecule has 1 aromatic heterocycles. The van der Waals surface area contributed by atoms with Crippen LogP contribution in [0.15, 0.2) is 24.5 Å². The SMILES string of the molecule is COc1ccc2ncnc(NC(C(=O)O)C(C)O)c2c1.